The molecule has 1 aromatic carbocycles. The largest absolute Gasteiger partial charge is 0.491 e. The lowest BCUT2D eigenvalue weighted by Crippen LogP contribution is -2.42. The van der Waals surface area contributed by atoms with Gasteiger partial charge in [0.2, 0.25) is 6.10 Å². The van der Waals surface area contributed by atoms with Crippen molar-refractivity contribution >= 4 is 6.09 Å². The first-order valence-corrected chi connectivity index (χ1v) is 10.8. The van der Waals surface area contributed by atoms with Crippen molar-refractivity contribution in [2.75, 3.05) is 6.61 Å². The molecule has 180 valence electrons. The van der Waals surface area contributed by atoms with Gasteiger partial charge in [-0.15, -0.1) is 0 Å². The molecule has 1 amide bonds. The topological polar surface area (TPSA) is 69.7 Å². The van der Waals surface area contributed by atoms with Gasteiger partial charge in [-0.3, -0.25) is 4.98 Å². The lowest BCUT2D eigenvalue weighted by molar-refractivity contribution is -0.198. The summed E-state index contributed by atoms with van der Waals surface area (Å²) < 4.78 is 57.2. The Kier molecular flexibility index (Phi) is 7.09. The molecule has 9 heteroatoms. The van der Waals surface area contributed by atoms with Crippen molar-refractivity contribution in [1.82, 2.24) is 10.3 Å². The van der Waals surface area contributed by atoms with E-state index in [0.717, 1.165) is 0 Å². The van der Waals surface area contributed by atoms with Gasteiger partial charge in [-0.1, -0.05) is 19.9 Å². The van der Waals surface area contributed by atoms with Gasteiger partial charge in [0.25, 0.3) is 0 Å². The summed E-state index contributed by atoms with van der Waals surface area (Å²) in [4.78, 5) is 16.3. The van der Waals surface area contributed by atoms with Crippen LogP contribution in [0.4, 0.5) is 18.0 Å². The Balaban J connectivity index is 1.77. The van der Waals surface area contributed by atoms with Gasteiger partial charge in [-0.2, -0.15) is 13.2 Å². The normalized spacial score (nSPS) is 16.3. The van der Waals surface area contributed by atoms with E-state index in [2.05, 4.69) is 10.3 Å². The summed E-state index contributed by atoms with van der Waals surface area (Å²) in [7, 11) is 0. The highest BCUT2D eigenvalue weighted by molar-refractivity contribution is 5.73. The first kappa shape index (κ1) is 24.7. The Labute approximate surface area is 191 Å². The summed E-state index contributed by atoms with van der Waals surface area (Å²) in [6, 6.07) is 7.17. The third-order valence-electron chi connectivity index (χ3n) is 4.80. The Hall–Kier alpha value is -2.97. The number of carbonyl (C=O) groups excluding carboxylic acids is 1. The third-order valence-corrected chi connectivity index (χ3v) is 4.80. The fraction of sp³-hybridized carbons (Fsp3) is 0.500. The summed E-state index contributed by atoms with van der Waals surface area (Å²) in [6.07, 6.45) is -5.17. The van der Waals surface area contributed by atoms with Gasteiger partial charge in [-0.25, -0.2) is 4.79 Å². The molecule has 0 bridgehead atoms. The zero-order chi connectivity index (χ0) is 24.4. The SMILES string of the molecule is CC(C)C[C@@H](COc1ccc2c(c1)OC(C(F)(F)F)c1cccnc1-2)NC(=O)OC(C)(C)C. The van der Waals surface area contributed by atoms with E-state index < -0.39 is 24.0 Å². The number of nitrogens with zero attached hydrogens (tertiary/aromatic N) is 1. The Morgan fingerprint density at radius 2 is 1.94 bits per heavy atom. The zero-order valence-electron chi connectivity index (χ0n) is 19.3. The molecule has 2 atom stereocenters. The number of hydrogen-bond donors (Lipinski definition) is 1. The quantitative estimate of drug-likeness (QED) is 0.560. The highest BCUT2D eigenvalue weighted by Gasteiger charge is 2.47. The van der Waals surface area contributed by atoms with Crippen LogP contribution in [0, 0.1) is 5.92 Å². The predicted molar refractivity (Wildman–Crippen MR) is 117 cm³/mol. The van der Waals surface area contributed by atoms with Gasteiger partial charge >= 0.3 is 12.3 Å². The molecule has 0 spiro atoms. The monoisotopic (exact) mass is 466 g/mol. The second-order valence-electron chi connectivity index (χ2n) is 9.42. The van der Waals surface area contributed by atoms with Crippen molar-refractivity contribution in [3.05, 3.63) is 42.1 Å². The van der Waals surface area contributed by atoms with Crippen LogP contribution in [0.3, 0.4) is 0 Å². The predicted octanol–water partition coefficient (Wildman–Crippen LogP) is 6.06. The first-order chi connectivity index (χ1) is 15.3. The molecule has 1 aliphatic heterocycles. The standard InChI is InChI=1S/C24H29F3N2O4/c1-14(2)11-15(29-22(30)33-23(3,4)5)13-31-16-8-9-17-19(12-16)32-21(24(25,26)27)18-7-6-10-28-20(17)18/h6-10,12,14-15,21H,11,13H2,1-5H3,(H,29,30)/t15-,21?/m0/s1. The molecule has 6 nitrogen and oxygen atoms in total. The van der Waals surface area contributed by atoms with E-state index in [1.807, 2.05) is 13.8 Å². The average molecular weight is 467 g/mol. The van der Waals surface area contributed by atoms with Gasteiger partial charge in [0.05, 0.1) is 11.7 Å². The highest BCUT2D eigenvalue weighted by Crippen LogP contribution is 2.48. The Morgan fingerprint density at radius 1 is 1.21 bits per heavy atom. The van der Waals surface area contributed by atoms with E-state index >= 15 is 0 Å². The zero-order valence-corrected chi connectivity index (χ0v) is 19.3. The fourth-order valence-electron chi connectivity index (χ4n) is 3.58. The molecule has 2 aromatic rings. The van der Waals surface area contributed by atoms with Crippen LogP contribution in [0.25, 0.3) is 11.3 Å². The molecule has 1 aromatic heterocycles. The molecule has 3 rings (SSSR count). The number of pyridine rings is 1. The van der Waals surface area contributed by atoms with E-state index in [-0.39, 0.29) is 35.6 Å². The number of alkyl carbamates (subject to hydrolysis) is 1. The molecular formula is C24H29F3N2O4. The first-order valence-electron chi connectivity index (χ1n) is 10.8. The van der Waals surface area contributed by atoms with Gasteiger partial charge in [-0.05, 0) is 51.3 Å². The minimum Gasteiger partial charge on any atom is -0.491 e. The summed E-state index contributed by atoms with van der Waals surface area (Å²) in [5.74, 6) is 0.644. The number of aromatic nitrogens is 1. The maximum absolute atomic E-state index is 13.6. The Bertz CT molecular complexity index is 986. The van der Waals surface area contributed by atoms with Crippen molar-refractivity contribution in [2.45, 2.75) is 65.0 Å². The fourth-order valence-corrected chi connectivity index (χ4v) is 3.58. The van der Waals surface area contributed by atoms with Crippen LogP contribution in [-0.4, -0.2) is 35.5 Å². The summed E-state index contributed by atoms with van der Waals surface area (Å²) in [6.45, 7) is 9.46. The second kappa shape index (κ2) is 9.49. The number of alkyl halides is 3. The third kappa shape index (κ3) is 6.52. The number of benzene rings is 1. The number of nitrogens with one attached hydrogen (secondary N) is 1. The lowest BCUT2D eigenvalue weighted by atomic mass is 9.97. The van der Waals surface area contributed by atoms with E-state index in [1.165, 1.54) is 24.4 Å². The smallest absolute Gasteiger partial charge is 0.429 e. The van der Waals surface area contributed by atoms with E-state index in [0.29, 0.717) is 17.7 Å². The van der Waals surface area contributed by atoms with Gasteiger partial charge < -0.3 is 19.5 Å². The molecule has 2 heterocycles. The van der Waals surface area contributed by atoms with Gasteiger partial charge in [0.15, 0.2) is 0 Å². The molecule has 1 N–H and O–H groups in total. The Morgan fingerprint density at radius 3 is 2.58 bits per heavy atom. The van der Waals surface area contributed by atoms with Gasteiger partial charge in [0.1, 0.15) is 23.7 Å². The van der Waals surface area contributed by atoms with Crippen LogP contribution in [0.1, 0.15) is 52.7 Å². The van der Waals surface area contributed by atoms with Crippen LogP contribution < -0.4 is 14.8 Å². The van der Waals surface area contributed by atoms with Crippen molar-refractivity contribution < 1.29 is 32.2 Å². The van der Waals surface area contributed by atoms with Crippen LogP contribution >= 0.6 is 0 Å². The van der Waals surface area contributed by atoms with Gasteiger partial charge in [0, 0.05) is 23.4 Å². The molecular weight excluding hydrogens is 437 g/mol. The summed E-state index contributed by atoms with van der Waals surface area (Å²) >= 11 is 0. The van der Waals surface area contributed by atoms with Crippen molar-refractivity contribution in [2.24, 2.45) is 5.92 Å². The van der Waals surface area contributed by atoms with Crippen molar-refractivity contribution in [3.8, 4) is 22.8 Å². The maximum Gasteiger partial charge on any atom is 0.429 e. The average Bonchev–Trinajstić information content (AvgIpc) is 2.68. The lowest BCUT2D eigenvalue weighted by Gasteiger charge is -2.29. The van der Waals surface area contributed by atoms with Crippen LogP contribution in [0.5, 0.6) is 11.5 Å². The van der Waals surface area contributed by atoms with Crippen molar-refractivity contribution in [1.29, 1.82) is 0 Å². The molecule has 0 fully saturated rings. The van der Waals surface area contributed by atoms with E-state index in [9.17, 15) is 18.0 Å². The number of hydrogen-bond acceptors (Lipinski definition) is 5. The molecule has 0 radical (unpaired) electrons. The minimum atomic E-state index is -4.59. The molecule has 1 unspecified atom stereocenters. The number of fused-ring (bicyclic) bond motifs is 3. The highest BCUT2D eigenvalue weighted by atomic mass is 19.4. The molecule has 0 aliphatic carbocycles. The molecule has 1 aliphatic rings. The maximum atomic E-state index is 13.6. The van der Waals surface area contributed by atoms with E-state index in [1.54, 1.807) is 32.9 Å². The van der Waals surface area contributed by atoms with Crippen LogP contribution in [0.15, 0.2) is 36.5 Å². The van der Waals surface area contributed by atoms with Crippen LogP contribution in [0.2, 0.25) is 0 Å². The molecule has 0 saturated carbocycles. The molecule has 33 heavy (non-hydrogen) atoms. The number of carbonyl (C=O) groups is 1. The number of rotatable bonds is 6. The van der Waals surface area contributed by atoms with Crippen LogP contribution in [-0.2, 0) is 4.74 Å². The summed E-state index contributed by atoms with van der Waals surface area (Å²) in [5.41, 5.74) is 0.0355. The molecule has 0 saturated heterocycles. The number of halogens is 3. The second-order valence-corrected chi connectivity index (χ2v) is 9.42. The minimum absolute atomic E-state index is 0.0234. The number of ether oxygens (including phenoxy) is 3. The van der Waals surface area contributed by atoms with E-state index in [4.69, 9.17) is 14.2 Å². The number of amides is 1. The van der Waals surface area contributed by atoms with Crippen molar-refractivity contribution in [3.63, 3.8) is 0 Å². The summed E-state index contributed by atoms with van der Waals surface area (Å²) in [5, 5.41) is 2.80.